The molecule has 0 saturated carbocycles. The van der Waals surface area contributed by atoms with Gasteiger partial charge in [-0.05, 0) is 18.1 Å². The standard InChI is InChI=1S/C12H21N3O2S/c1-5-15(9-10(2)3)18(16,17)11-7-6-8-14-12(11)13-4/h6-8,10H,5,9H2,1-4H3,(H,13,14). The van der Waals surface area contributed by atoms with Gasteiger partial charge in [0.1, 0.15) is 10.7 Å². The van der Waals surface area contributed by atoms with Crippen LogP contribution in [0.2, 0.25) is 0 Å². The van der Waals surface area contributed by atoms with Crippen molar-refractivity contribution in [1.29, 1.82) is 0 Å². The van der Waals surface area contributed by atoms with Gasteiger partial charge in [-0.1, -0.05) is 20.8 Å². The molecule has 0 radical (unpaired) electrons. The summed E-state index contributed by atoms with van der Waals surface area (Å²) >= 11 is 0. The highest BCUT2D eigenvalue weighted by atomic mass is 32.2. The highest BCUT2D eigenvalue weighted by Crippen LogP contribution is 2.22. The van der Waals surface area contributed by atoms with Crippen LogP contribution in [0.1, 0.15) is 20.8 Å². The van der Waals surface area contributed by atoms with Crippen molar-refractivity contribution in [3.63, 3.8) is 0 Å². The summed E-state index contributed by atoms with van der Waals surface area (Å²) in [6.45, 7) is 6.81. The van der Waals surface area contributed by atoms with E-state index in [0.29, 0.717) is 18.9 Å². The van der Waals surface area contributed by atoms with Crippen molar-refractivity contribution in [3.8, 4) is 0 Å². The first-order valence-corrected chi connectivity index (χ1v) is 7.50. The molecule has 1 N–H and O–H groups in total. The lowest BCUT2D eigenvalue weighted by Gasteiger charge is -2.23. The van der Waals surface area contributed by atoms with Gasteiger partial charge in [0, 0.05) is 26.3 Å². The van der Waals surface area contributed by atoms with E-state index < -0.39 is 10.0 Å². The molecule has 102 valence electrons. The number of nitrogens with zero attached hydrogens (tertiary/aromatic N) is 2. The Morgan fingerprint density at radius 1 is 1.44 bits per heavy atom. The Kier molecular flexibility index (Phi) is 5.10. The smallest absolute Gasteiger partial charge is 0.246 e. The van der Waals surface area contributed by atoms with Gasteiger partial charge in [-0.2, -0.15) is 4.31 Å². The van der Waals surface area contributed by atoms with E-state index >= 15 is 0 Å². The monoisotopic (exact) mass is 271 g/mol. The summed E-state index contributed by atoms with van der Waals surface area (Å²) in [6.07, 6.45) is 1.57. The van der Waals surface area contributed by atoms with E-state index in [9.17, 15) is 8.42 Å². The molecule has 1 aromatic rings. The minimum atomic E-state index is -3.48. The van der Waals surface area contributed by atoms with E-state index in [2.05, 4.69) is 10.3 Å². The van der Waals surface area contributed by atoms with Crippen molar-refractivity contribution < 1.29 is 8.42 Å². The summed E-state index contributed by atoms with van der Waals surface area (Å²) in [7, 11) is -1.81. The van der Waals surface area contributed by atoms with Crippen LogP contribution in [0, 0.1) is 5.92 Å². The maximum Gasteiger partial charge on any atom is 0.246 e. The Labute approximate surface area is 109 Å². The van der Waals surface area contributed by atoms with Gasteiger partial charge in [0.05, 0.1) is 0 Å². The van der Waals surface area contributed by atoms with E-state index in [1.54, 1.807) is 25.4 Å². The molecule has 0 aliphatic heterocycles. The molecule has 18 heavy (non-hydrogen) atoms. The van der Waals surface area contributed by atoms with Gasteiger partial charge in [-0.25, -0.2) is 13.4 Å². The molecule has 0 saturated heterocycles. The van der Waals surface area contributed by atoms with E-state index in [4.69, 9.17) is 0 Å². The zero-order chi connectivity index (χ0) is 13.8. The van der Waals surface area contributed by atoms with Gasteiger partial charge in [-0.15, -0.1) is 0 Å². The molecule has 0 unspecified atom stereocenters. The fourth-order valence-electron chi connectivity index (χ4n) is 1.73. The fraction of sp³-hybridized carbons (Fsp3) is 0.583. The Morgan fingerprint density at radius 3 is 2.61 bits per heavy atom. The summed E-state index contributed by atoms with van der Waals surface area (Å²) in [6, 6.07) is 3.22. The fourth-order valence-corrected chi connectivity index (χ4v) is 3.49. The molecule has 0 aliphatic rings. The lowest BCUT2D eigenvalue weighted by atomic mass is 10.2. The van der Waals surface area contributed by atoms with Crippen molar-refractivity contribution in [3.05, 3.63) is 18.3 Å². The third kappa shape index (κ3) is 3.20. The Balaban J connectivity index is 3.18. The predicted molar refractivity (Wildman–Crippen MR) is 73.1 cm³/mol. The van der Waals surface area contributed by atoms with Crippen LogP contribution in [-0.2, 0) is 10.0 Å². The topological polar surface area (TPSA) is 62.3 Å². The summed E-state index contributed by atoms with van der Waals surface area (Å²) < 4.78 is 26.5. The average Bonchev–Trinajstić information content (AvgIpc) is 2.35. The summed E-state index contributed by atoms with van der Waals surface area (Å²) in [4.78, 5) is 4.27. The van der Waals surface area contributed by atoms with E-state index in [0.717, 1.165) is 0 Å². The summed E-state index contributed by atoms with van der Waals surface area (Å²) in [5.74, 6) is 0.675. The number of anilines is 1. The Morgan fingerprint density at radius 2 is 2.11 bits per heavy atom. The van der Waals surface area contributed by atoms with Crippen LogP contribution >= 0.6 is 0 Å². The van der Waals surface area contributed by atoms with E-state index in [1.807, 2.05) is 20.8 Å². The molecular weight excluding hydrogens is 250 g/mol. The SMILES string of the molecule is CCN(CC(C)C)S(=O)(=O)c1cccnc1NC. The van der Waals surface area contributed by atoms with E-state index in [-0.39, 0.29) is 10.8 Å². The number of aromatic nitrogens is 1. The van der Waals surface area contributed by atoms with Crippen molar-refractivity contribution in [2.75, 3.05) is 25.5 Å². The first-order valence-electron chi connectivity index (χ1n) is 6.06. The maximum atomic E-state index is 12.5. The first kappa shape index (κ1) is 14.9. The normalized spacial score (nSPS) is 12.1. The molecule has 0 fully saturated rings. The number of hydrogen-bond donors (Lipinski definition) is 1. The number of rotatable bonds is 6. The van der Waals surface area contributed by atoms with Crippen molar-refractivity contribution in [1.82, 2.24) is 9.29 Å². The van der Waals surface area contributed by atoms with Gasteiger partial charge in [0.2, 0.25) is 10.0 Å². The number of sulfonamides is 1. The minimum Gasteiger partial charge on any atom is -0.372 e. The van der Waals surface area contributed by atoms with Gasteiger partial charge >= 0.3 is 0 Å². The summed E-state index contributed by atoms with van der Waals surface area (Å²) in [5, 5.41) is 2.82. The molecule has 0 atom stereocenters. The van der Waals surface area contributed by atoms with Gasteiger partial charge in [0.25, 0.3) is 0 Å². The maximum absolute atomic E-state index is 12.5. The molecule has 0 amide bonds. The molecule has 0 aromatic carbocycles. The Bertz CT molecular complexity index is 486. The van der Waals surface area contributed by atoms with Gasteiger partial charge in [0.15, 0.2) is 0 Å². The molecule has 1 aromatic heterocycles. The number of pyridine rings is 1. The van der Waals surface area contributed by atoms with Crippen LogP contribution in [-0.4, -0.2) is 37.8 Å². The van der Waals surface area contributed by atoms with Crippen LogP contribution in [0.25, 0.3) is 0 Å². The van der Waals surface area contributed by atoms with Crippen LogP contribution in [0.4, 0.5) is 5.82 Å². The lowest BCUT2D eigenvalue weighted by Crippen LogP contribution is -2.34. The summed E-state index contributed by atoms with van der Waals surface area (Å²) in [5.41, 5.74) is 0. The molecule has 6 heteroatoms. The second-order valence-corrected chi connectivity index (χ2v) is 6.36. The molecule has 1 rings (SSSR count). The van der Waals surface area contributed by atoms with Crippen LogP contribution in [0.3, 0.4) is 0 Å². The molecule has 1 heterocycles. The van der Waals surface area contributed by atoms with Crippen LogP contribution in [0.5, 0.6) is 0 Å². The van der Waals surface area contributed by atoms with Gasteiger partial charge < -0.3 is 5.32 Å². The number of hydrogen-bond acceptors (Lipinski definition) is 4. The quantitative estimate of drug-likeness (QED) is 0.857. The molecule has 0 aliphatic carbocycles. The van der Waals surface area contributed by atoms with Crippen molar-refractivity contribution >= 4 is 15.8 Å². The zero-order valence-corrected chi connectivity index (χ0v) is 12.2. The lowest BCUT2D eigenvalue weighted by molar-refractivity contribution is 0.381. The van der Waals surface area contributed by atoms with Gasteiger partial charge in [-0.3, -0.25) is 0 Å². The van der Waals surface area contributed by atoms with Crippen LogP contribution in [0.15, 0.2) is 23.2 Å². The largest absolute Gasteiger partial charge is 0.372 e. The highest BCUT2D eigenvalue weighted by molar-refractivity contribution is 7.89. The van der Waals surface area contributed by atoms with Crippen LogP contribution < -0.4 is 5.32 Å². The molecule has 5 nitrogen and oxygen atoms in total. The molecule has 0 spiro atoms. The van der Waals surface area contributed by atoms with Crippen molar-refractivity contribution in [2.24, 2.45) is 5.92 Å². The van der Waals surface area contributed by atoms with E-state index in [1.165, 1.54) is 4.31 Å². The highest BCUT2D eigenvalue weighted by Gasteiger charge is 2.26. The predicted octanol–water partition coefficient (Wildman–Crippen LogP) is 1.79. The minimum absolute atomic E-state index is 0.231. The second kappa shape index (κ2) is 6.15. The third-order valence-electron chi connectivity index (χ3n) is 2.55. The second-order valence-electron chi connectivity index (χ2n) is 4.45. The van der Waals surface area contributed by atoms with Crippen molar-refractivity contribution in [2.45, 2.75) is 25.7 Å². The Hall–Kier alpha value is -1.14. The molecular formula is C12H21N3O2S. The first-order chi connectivity index (χ1) is 8.43. The average molecular weight is 271 g/mol. The molecule has 0 bridgehead atoms. The third-order valence-corrected chi connectivity index (χ3v) is 4.52. The number of nitrogens with one attached hydrogen (secondary N) is 1. The zero-order valence-electron chi connectivity index (χ0n) is 11.3.